The fraction of sp³-hybridized carbons (Fsp3) is 0.364. The van der Waals surface area contributed by atoms with Crippen LogP contribution >= 0.6 is 0 Å². The quantitative estimate of drug-likeness (QED) is 0.385. The van der Waals surface area contributed by atoms with E-state index < -0.39 is 6.04 Å². The van der Waals surface area contributed by atoms with E-state index >= 15 is 0 Å². The Morgan fingerprint density at radius 2 is 2.00 bits per heavy atom. The van der Waals surface area contributed by atoms with E-state index in [0.29, 0.717) is 0 Å². The molecule has 4 heteroatoms. The molecular formula is C11H17N3O. The maximum absolute atomic E-state index is 11.2. The van der Waals surface area contributed by atoms with Gasteiger partial charge in [0.2, 0.25) is 0 Å². The Labute approximate surface area is 89.6 Å². The fourth-order valence-corrected chi connectivity index (χ4v) is 1.42. The lowest BCUT2D eigenvalue weighted by molar-refractivity contribution is -0.122. The van der Waals surface area contributed by atoms with Crippen LogP contribution in [-0.2, 0) is 11.2 Å². The predicted molar refractivity (Wildman–Crippen MR) is 59.7 cm³/mol. The molecular weight excluding hydrogens is 190 g/mol. The van der Waals surface area contributed by atoms with Gasteiger partial charge in [0.15, 0.2) is 0 Å². The van der Waals surface area contributed by atoms with Gasteiger partial charge in [-0.3, -0.25) is 10.2 Å². The third kappa shape index (κ3) is 3.04. The number of nitrogens with two attached hydrogens (primary N) is 2. The average molecular weight is 207 g/mol. The average Bonchev–Trinajstić information content (AvgIpc) is 2.28. The van der Waals surface area contributed by atoms with Gasteiger partial charge in [-0.2, -0.15) is 0 Å². The maximum atomic E-state index is 11.2. The zero-order chi connectivity index (χ0) is 11.3. The van der Waals surface area contributed by atoms with Gasteiger partial charge in [0, 0.05) is 0 Å². The highest BCUT2D eigenvalue weighted by molar-refractivity contribution is 5.82. The van der Waals surface area contributed by atoms with Gasteiger partial charge in [0.1, 0.15) is 6.04 Å². The second-order valence-electron chi connectivity index (χ2n) is 3.48. The van der Waals surface area contributed by atoms with Crippen LogP contribution in [-0.4, -0.2) is 5.91 Å². The summed E-state index contributed by atoms with van der Waals surface area (Å²) in [6.07, 6.45) is 2.15. The van der Waals surface area contributed by atoms with Crippen LogP contribution in [0.25, 0.3) is 0 Å². The van der Waals surface area contributed by atoms with Crippen molar-refractivity contribution in [2.24, 2.45) is 11.6 Å². The lowest BCUT2D eigenvalue weighted by atomic mass is 10.0. The zero-order valence-electron chi connectivity index (χ0n) is 8.86. The first-order valence-electron chi connectivity index (χ1n) is 5.04. The van der Waals surface area contributed by atoms with E-state index in [4.69, 9.17) is 11.6 Å². The Kier molecular flexibility index (Phi) is 4.27. The minimum atomic E-state index is -0.689. The summed E-state index contributed by atoms with van der Waals surface area (Å²) in [6.45, 7) is 2.13. The van der Waals surface area contributed by atoms with Gasteiger partial charge >= 0.3 is 0 Å². The minimum Gasteiger partial charge on any atom is -0.316 e. The summed E-state index contributed by atoms with van der Waals surface area (Å²) in [5.41, 5.74) is 9.75. The molecule has 1 aromatic carbocycles. The van der Waals surface area contributed by atoms with Gasteiger partial charge in [0.25, 0.3) is 5.91 Å². The second kappa shape index (κ2) is 5.48. The maximum Gasteiger partial charge on any atom is 0.255 e. The van der Waals surface area contributed by atoms with Crippen molar-refractivity contribution in [1.29, 1.82) is 0 Å². The lowest BCUT2D eigenvalue weighted by Crippen LogP contribution is -2.38. The molecule has 0 aliphatic heterocycles. The number of carbonyl (C=O) groups excluding carboxylic acids is 1. The number of carbonyl (C=O) groups is 1. The van der Waals surface area contributed by atoms with Crippen LogP contribution in [0.15, 0.2) is 24.3 Å². The molecule has 0 aliphatic carbocycles. The van der Waals surface area contributed by atoms with Gasteiger partial charge in [-0.15, -0.1) is 0 Å². The molecule has 0 saturated heterocycles. The first kappa shape index (κ1) is 11.7. The Morgan fingerprint density at radius 3 is 2.47 bits per heavy atom. The van der Waals surface area contributed by atoms with Crippen LogP contribution in [0.2, 0.25) is 0 Å². The first-order chi connectivity index (χ1) is 7.19. The Balaban J connectivity index is 2.75. The highest BCUT2D eigenvalue weighted by Gasteiger charge is 2.13. The van der Waals surface area contributed by atoms with Gasteiger partial charge < -0.3 is 5.73 Å². The molecule has 0 heterocycles. The number of nitrogens with one attached hydrogen (secondary N) is 1. The summed E-state index contributed by atoms with van der Waals surface area (Å²) in [5.74, 6) is 4.63. The van der Waals surface area contributed by atoms with Crippen LogP contribution < -0.4 is 17.0 Å². The van der Waals surface area contributed by atoms with E-state index in [2.05, 4.69) is 6.92 Å². The third-order valence-electron chi connectivity index (χ3n) is 2.30. The van der Waals surface area contributed by atoms with Gasteiger partial charge in [-0.25, -0.2) is 5.84 Å². The smallest absolute Gasteiger partial charge is 0.255 e. The number of hydrazine groups is 1. The number of hydrogen-bond acceptors (Lipinski definition) is 3. The first-order valence-corrected chi connectivity index (χ1v) is 5.04. The van der Waals surface area contributed by atoms with Crippen LogP contribution in [0, 0.1) is 0 Å². The molecule has 1 atom stereocenters. The van der Waals surface area contributed by atoms with E-state index in [-0.39, 0.29) is 5.91 Å². The monoisotopic (exact) mass is 207 g/mol. The fourth-order valence-electron chi connectivity index (χ4n) is 1.42. The minimum absolute atomic E-state index is 0.377. The number of hydrogen-bond donors (Lipinski definition) is 3. The molecule has 0 bridgehead atoms. The summed E-state index contributed by atoms with van der Waals surface area (Å²) < 4.78 is 0. The van der Waals surface area contributed by atoms with Crippen molar-refractivity contribution in [2.45, 2.75) is 25.8 Å². The molecule has 1 rings (SSSR count). The molecule has 0 spiro atoms. The van der Waals surface area contributed by atoms with Crippen molar-refractivity contribution in [3.05, 3.63) is 35.4 Å². The van der Waals surface area contributed by atoms with E-state index in [1.54, 1.807) is 0 Å². The molecule has 0 aromatic heterocycles. The summed E-state index contributed by atoms with van der Waals surface area (Å²) in [6, 6.07) is 7.02. The molecule has 0 aliphatic rings. The predicted octanol–water partition coefficient (Wildman–Crippen LogP) is 0.629. The van der Waals surface area contributed by atoms with E-state index in [1.807, 2.05) is 29.7 Å². The lowest BCUT2D eigenvalue weighted by Gasteiger charge is -2.10. The molecule has 0 fully saturated rings. The number of benzene rings is 1. The highest BCUT2D eigenvalue weighted by atomic mass is 16.2. The van der Waals surface area contributed by atoms with Gasteiger partial charge in [-0.1, -0.05) is 37.6 Å². The third-order valence-corrected chi connectivity index (χ3v) is 2.30. The van der Waals surface area contributed by atoms with Crippen molar-refractivity contribution in [1.82, 2.24) is 5.43 Å². The molecule has 0 radical (unpaired) electrons. The highest BCUT2D eigenvalue weighted by Crippen LogP contribution is 2.12. The van der Waals surface area contributed by atoms with Crippen molar-refractivity contribution < 1.29 is 4.79 Å². The second-order valence-corrected chi connectivity index (χ2v) is 3.48. The summed E-state index contributed by atoms with van der Waals surface area (Å²) >= 11 is 0. The SMILES string of the molecule is CCCc1ccc(C(N)C(=O)NN)cc1. The molecule has 0 saturated carbocycles. The zero-order valence-corrected chi connectivity index (χ0v) is 8.86. The van der Waals surface area contributed by atoms with Gasteiger partial charge in [-0.05, 0) is 17.5 Å². The normalized spacial score (nSPS) is 12.2. The summed E-state index contributed by atoms with van der Waals surface area (Å²) in [4.78, 5) is 11.2. The Bertz CT molecular complexity index is 321. The molecule has 82 valence electrons. The number of rotatable bonds is 4. The van der Waals surface area contributed by atoms with Crippen LogP contribution in [0.1, 0.15) is 30.5 Å². The van der Waals surface area contributed by atoms with Crippen molar-refractivity contribution in [3.8, 4) is 0 Å². The van der Waals surface area contributed by atoms with Crippen molar-refractivity contribution >= 4 is 5.91 Å². The molecule has 15 heavy (non-hydrogen) atoms. The Morgan fingerprint density at radius 1 is 1.40 bits per heavy atom. The standard InChI is InChI=1S/C11H17N3O/c1-2-3-8-4-6-9(7-5-8)10(12)11(15)14-13/h4-7,10H,2-3,12-13H2,1H3,(H,14,15). The van der Waals surface area contributed by atoms with Crippen LogP contribution in [0.5, 0.6) is 0 Å². The largest absolute Gasteiger partial charge is 0.316 e. The molecule has 5 N–H and O–H groups in total. The molecule has 1 aromatic rings. The van der Waals surface area contributed by atoms with E-state index in [0.717, 1.165) is 18.4 Å². The van der Waals surface area contributed by atoms with E-state index in [1.165, 1.54) is 5.56 Å². The van der Waals surface area contributed by atoms with Crippen molar-refractivity contribution in [2.75, 3.05) is 0 Å². The van der Waals surface area contributed by atoms with Crippen molar-refractivity contribution in [3.63, 3.8) is 0 Å². The van der Waals surface area contributed by atoms with E-state index in [9.17, 15) is 4.79 Å². The van der Waals surface area contributed by atoms with Crippen LogP contribution in [0.3, 0.4) is 0 Å². The molecule has 1 amide bonds. The number of aryl methyl sites for hydroxylation is 1. The number of amides is 1. The summed E-state index contributed by atoms with van der Waals surface area (Å²) in [5, 5.41) is 0. The summed E-state index contributed by atoms with van der Waals surface area (Å²) in [7, 11) is 0. The molecule has 4 nitrogen and oxygen atoms in total. The molecule has 1 unspecified atom stereocenters. The van der Waals surface area contributed by atoms with Gasteiger partial charge in [0.05, 0.1) is 0 Å². The van der Waals surface area contributed by atoms with Crippen LogP contribution in [0.4, 0.5) is 0 Å². The topological polar surface area (TPSA) is 81.1 Å². The Hall–Kier alpha value is -1.39.